The molecule has 1 amide bonds. The molecule has 0 aliphatic carbocycles. The zero-order valence-electron chi connectivity index (χ0n) is 6.48. The van der Waals surface area contributed by atoms with Gasteiger partial charge in [-0.15, -0.1) is 0 Å². The van der Waals surface area contributed by atoms with E-state index in [0.717, 1.165) is 12.0 Å². The van der Waals surface area contributed by atoms with Crippen LogP contribution in [0, 0.1) is 0 Å². The summed E-state index contributed by atoms with van der Waals surface area (Å²) < 4.78 is 0. The molecule has 0 atom stereocenters. The molecule has 0 saturated carbocycles. The van der Waals surface area contributed by atoms with Gasteiger partial charge in [0, 0.05) is 12.1 Å². The summed E-state index contributed by atoms with van der Waals surface area (Å²) in [6, 6.07) is 0. The highest BCUT2D eigenvalue weighted by Crippen LogP contribution is 2.04. The number of carbonyl (C=O) groups excluding carboxylic acids is 1. The second kappa shape index (κ2) is 4.06. The summed E-state index contributed by atoms with van der Waals surface area (Å²) in [5.74, 6) is -0.373. The van der Waals surface area contributed by atoms with Crippen LogP contribution in [0.15, 0.2) is 11.1 Å². The summed E-state index contributed by atoms with van der Waals surface area (Å²) in [4.78, 5) is 10.6. The lowest BCUT2D eigenvalue weighted by Crippen LogP contribution is -2.16. The number of primary amides is 1. The molecule has 0 heterocycles. The van der Waals surface area contributed by atoms with Crippen molar-refractivity contribution in [1.82, 2.24) is 0 Å². The first-order valence-electron chi connectivity index (χ1n) is 3.32. The predicted molar refractivity (Wildman–Crippen MR) is 41.2 cm³/mol. The number of nitrogens with two attached hydrogens (primary N) is 2. The van der Waals surface area contributed by atoms with Crippen LogP contribution in [0.5, 0.6) is 0 Å². The predicted octanol–water partition coefficient (Wildman–Crippen LogP) is 0.157. The molecule has 0 unspecified atom stereocenters. The lowest BCUT2D eigenvalue weighted by molar-refractivity contribution is -0.114. The maximum Gasteiger partial charge on any atom is 0.244 e. The average molecular weight is 142 g/mol. The van der Waals surface area contributed by atoms with Crippen molar-refractivity contribution in [3.8, 4) is 0 Å². The lowest BCUT2D eigenvalue weighted by Gasteiger charge is -2.02. The Labute approximate surface area is 61.1 Å². The van der Waals surface area contributed by atoms with Crippen LogP contribution in [0.1, 0.15) is 20.3 Å². The van der Waals surface area contributed by atoms with E-state index in [1.165, 1.54) is 0 Å². The maximum absolute atomic E-state index is 10.6. The Morgan fingerprint density at radius 3 is 2.10 bits per heavy atom. The molecule has 0 aromatic carbocycles. The summed E-state index contributed by atoms with van der Waals surface area (Å²) in [6.07, 6.45) is 0.797. The van der Waals surface area contributed by atoms with Gasteiger partial charge in [-0.1, -0.05) is 6.92 Å². The summed E-state index contributed by atoms with van der Waals surface area (Å²) in [5, 5.41) is 0. The van der Waals surface area contributed by atoms with Crippen LogP contribution >= 0.6 is 0 Å². The number of hydrogen-bond acceptors (Lipinski definition) is 2. The van der Waals surface area contributed by atoms with E-state index in [-0.39, 0.29) is 5.91 Å². The lowest BCUT2D eigenvalue weighted by atomic mass is 10.1. The molecular formula is C7H14N2O. The van der Waals surface area contributed by atoms with Gasteiger partial charge in [-0.25, -0.2) is 0 Å². The van der Waals surface area contributed by atoms with E-state index >= 15 is 0 Å². The molecular weight excluding hydrogens is 128 g/mol. The highest BCUT2D eigenvalue weighted by molar-refractivity contribution is 5.92. The van der Waals surface area contributed by atoms with Crippen molar-refractivity contribution in [3.63, 3.8) is 0 Å². The summed E-state index contributed by atoms with van der Waals surface area (Å²) >= 11 is 0. The Morgan fingerprint density at radius 2 is 2.00 bits per heavy atom. The van der Waals surface area contributed by atoms with E-state index < -0.39 is 0 Å². The van der Waals surface area contributed by atoms with E-state index in [4.69, 9.17) is 11.5 Å². The Kier molecular flexibility index (Phi) is 3.72. The molecule has 3 nitrogen and oxygen atoms in total. The van der Waals surface area contributed by atoms with Crippen molar-refractivity contribution < 1.29 is 4.79 Å². The van der Waals surface area contributed by atoms with Gasteiger partial charge in [0.2, 0.25) is 5.91 Å². The minimum Gasteiger partial charge on any atom is -0.366 e. The SMILES string of the molecule is CC/C(CN)=C(\C)C(N)=O. The van der Waals surface area contributed by atoms with Crippen LogP contribution in [-0.2, 0) is 4.79 Å². The minimum absolute atomic E-state index is 0.373. The third-order valence-corrected chi connectivity index (χ3v) is 1.57. The maximum atomic E-state index is 10.6. The van der Waals surface area contributed by atoms with Gasteiger partial charge in [0.15, 0.2) is 0 Å². The van der Waals surface area contributed by atoms with Crippen molar-refractivity contribution in [3.05, 3.63) is 11.1 Å². The van der Waals surface area contributed by atoms with Gasteiger partial charge >= 0.3 is 0 Å². The Balaban J connectivity index is 4.43. The highest BCUT2D eigenvalue weighted by atomic mass is 16.1. The van der Waals surface area contributed by atoms with Crippen LogP contribution < -0.4 is 11.5 Å². The Morgan fingerprint density at radius 1 is 1.50 bits per heavy atom. The summed E-state index contributed by atoms with van der Waals surface area (Å²) in [5.41, 5.74) is 11.9. The zero-order valence-corrected chi connectivity index (χ0v) is 6.48. The van der Waals surface area contributed by atoms with E-state index in [9.17, 15) is 4.79 Å². The monoisotopic (exact) mass is 142 g/mol. The second-order valence-electron chi connectivity index (χ2n) is 2.15. The van der Waals surface area contributed by atoms with Crippen molar-refractivity contribution >= 4 is 5.91 Å². The van der Waals surface area contributed by atoms with Gasteiger partial charge in [-0.2, -0.15) is 0 Å². The smallest absolute Gasteiger partial charge is 0.244 e. The van der Waals surface area contributed by atoms with Gasteiger partial charge in [0.1, 0.15) is 0 Å². The summed E-state index contributed by atoms with van der Waals surface area (Å²) in [6.45, 7) is 4.08. The fourth-order valence-electron chi connectivity index (χ4n) is 0.737. The molecule has 0 aliphatic rings. The second-order valence-corrected chi connectivity index (χ2v) is 2.15. The third kappa shape index (κ3) is 2.19. The van der Waals surface area contributed by atoms with Crippen LogP contribution in [0.25, 0.3) is 0 Å². The van der Waals surface area contributed by atoms with Crippen molar-refractivity contribution in [2.75, 3.05) is 6.54 Å². The number of rotatable bonds is 3. The van der Waals surface area contributed by atoms with E-state index in [2.05, 4.69) is 0 Å². The molecule has 0 aromatic heterocycles. The quantitative estimate of drug-likeness (QED) is 0.551. The Bertz CT molecular complexity index is 155. The van der Waals surface area contributed by atoms with Crippen molar-refractivity contribution in [1.29, 1.82) is 0 Å². The third-order valence-electron chi connectivity index (χ3n) is 1.57. The van der Waals surface area contributed by atoms with Gasteiger partial charge in [0.05, 0.1) is 0 Å². The normalized spacial score (nSPS) is 12.7. The minimum atomic E-state index is -0.373. The van der Waals surface area contributed by atoms with Crippen molar-refractivity contribution in [2.24, 2.45) is 11.5 Å². The largest absolute Gasteiger partial charge is 0.366 e. The fraction of sp³-hybridized carbons (Fsp3) is 0.571. The molecule has 0 aromatic rings. The molecule has 0 spiro atoms. The van der Waals surface area contributed by atoms with Crippen LogP contribution in [0.3, 0.4) is 0 Å². The summed E-state index contributed by atoms with van der Waals surface area (Å²) in [7, 11) is 0. The van der Waals surface area contributed by atoms with Crippen LogP contribution in [0.2, 0.25) is 0 Å². The Hall–Kier alpha value is -0.830. The molecule has 10 heavy (non-hydrogen) atoms. The van der Waals surface area contributed by atoms with Crippen molar-refractivity contribution in [2.45, 2.75) is 20.3 Å². The molecule has 3 heteroatoms. The molecule has 4 N–H and O–H groups in total. The molecule has 58 valence electrons. The zero-order chi connectivity index (χ0) is 8.15. The molecule has 0 fully saturated rings. The van der Waals surface area contributed by atoms with E-state index in [1.807, 2.05) is 6.92 Å². The molecule has 0 aliphatic heterocycles. The van der Waals surface area contributed by atoms with Crippen LogP contribution in [-0.4, -0.2) is 12.5 Å². The topological polar surface area (TPSA) is 69.1 Å². The molecule has 0 bridgehead atoms. The standard InChI is InChI=1S/C7H14N2O/c1-3-6(4-8)5(2)7(9)10/h3-4,8H2,1-2H3,(H2,9,10)/b6-5-. The first-order valence-corrected chi connectivity index (χ1v) is 3.32. The van der Waals surface area contributed by atoms with Crippen LogP contribution in [0.4, 0.5) is 0 Å². The number of amides is 1. The fourth-order valence-corrected chi connectivity index (χ4v) is 0.737. The molecule has 0 saturated heterocycles. The highest BCUT2D eigenvalue weighted by Gasteiger charge is 2.02. The average Bonchev–Trinajstić information content (AvgIpc) is 1.90. The molecule has 0 radical (unpaired) electrons. The first-order chi connectivity index (χ1) is 4.63. The van der Waals surface area contributed by atoms with Gasteiger partial charge in [-0.3, -0.25) is 4.79 Å². The van der Waals surface area contributed by atoms with Gasteiger partial charge in [-0.05, 0) is 18.9 Å². The number of carbonyl (C=O) groups is 1. The van der Waals surface area contributed by atoms with E-state index in [0.29, 0.717) is 12.1 Å². The molecule has 0 rings (SSSR count). The number of hydrogen-bond donors (Lipinski definition) is 2. The van der Waals surface area contributed by atoms with E-state index in [1.54, 1.807) is 6.92 Å². The van der Waals surface area contributed by atoms with Gasteiger partial charge in [0.25, 0.3) is 0 Å². The van der Waals surface area contributed by atoms with Gasteiger partial charge < -0.3 is 11.5 Å². The first kappa shape index (κ1) is 9.17.